The van der Waals surface area contributed by atoms with Crippen molar-refractivity contribution in [1.29, 1.82) is 0 Å². The number of methoxy groups -OCH3 is 1. The summed E-state index contributed by atoms with van der Waals surface area (Å²) in [4.78, 5) is 29.0. The summed E-state index contributed by atoms with van der Waals surface area (Å²) in [7, 11) is 1.66. The molecule has 32 heavy (non-hydrogen) atoms. The second-order valence-electron chi connectivity index (χ2n) is 8.36. The van der Waals surface area contributed by atoms with Gasteiger partial charge >= 0.3 is 0 Å². The number of nitrogens with one attached hydrogen (secondary N) is 1. The number of rotatable bonds is 8. The number of carbonyl (C=O) groups excluding carboxylic acids is 2. The molecule has 2 amide bonds. The minimum Gasteiger partial charge on any atom is -0.385 e. The predicted molar refractivity (Wildman–Crippen MR) is 128 cm³/mol. The van der Waals surface area contributed by atoms with Crippen LogP contribution in [0.4, 0.5) is 0 Å². The lowest BCUT2D eigenvalue weighted by atomic mass is 9.95. The fourth-order valence-corrected chi connectivity index (χ4v) is 5.63. The Morgan fingerprint density at radius 3 is 2.69 bits per heavy atom. The van der Waals surface area contributed by atoms with Gasteiger partial charge in [-0.3, -0.25) is 9.59 Å². The van der Waals surface area contributed by atoms with Crippen molar-refractivity contribution < 1.29 is 14.3 Å². The molecule has 0 unspecified atom stereocenters. The van der Waals surface area contributed by atoms with Gasteiger partial charge in [0.15, 0.2) is 0 Å². The topological polar surface area (TPSA) is 63.6 Å². The first-order valence-corrected chi connectivity index (χ1v) is 12.6. The first kappa shape index (κ1) is 23.2. The zero-order valence-electron chi connectivity index (χ0n) is 18.4. The Morgan fingerprint density at radius 2 is 1.97 bits per heavy atom. The van der Waals surface area contributed by atoms with Crippen molar-refractivity contribution in [1.82, 2.24) is 14.8 Å². The van der Waals surface area contributed by atoms with E-state index in [1.807, 2.05) is 40.9 Å². The van der Waals surface area contributed by atoms with E-state index in [1.165, 1.54) is 10.6 Å². The van der Waals surface area contributed by atoms with E-state index < -0.39 is 0 Å². The number of benzene rings is 1. The monoisotopic (exact) mass is 475 g/mol. The first-order chi connectivity index (χ1) is 15.6. The van der Waals surface area contributed by atoms with Crippen molar-refractivity contribution in [3.05, 3.63) is 52.3 Å². The lowest BCUT2D eigenvalue weighted by Gasteiger charge is -2.31. The third kappa shape index (κ3) is 5.33. The molecule has 0 atom stereocenters. The van der Waals surface area contributed by atoms with Crippen LogP contribution in [0.2, 0.25) is 5.02 Å². The second-order valence-corrected chi connectivity index (χ2v) is 9.93. The lowest BCUT2D eigenvalue weighted by molar-refractivity contribution is -0.126. The predicted octanol–water partition coefficient (Wildman–Crippen LogP) is 3.84. The number of hydrogen-bond donors (Lipinski definition) is 1. The molecule has 1 saturated heterocycles. The van der Waals surface area contributed by atoms with E-state index in [2.05, 4.69) is 16.0 Å². The number of amides is 2. The number of carbonyl (C=O) groups is 2. The summed E-state index contributed by atoms with van der Waals surface area (Å²) in [6.07, 6.45) is 3.20. The van der Waals surface area contributed by atoms with Crippen LogP contribution in [-0.4, -0.2) is 60.4 Å². The van der Waals surface area contributed by atoms with Crippen molar-refractivity contribution in [2.24, 2.45) is 5.92 Å². The van der Waals surface area contributed by atoms with Gasteiger partial charge in [0.1, 0.15) is 5.69 Å². The molecule has 4 rings (SSSR count). The fourth-order valence-electron chi connectivity index (χ4n) is 4.41. The number of likely N-dealkylation sites (tertiary alicyclic amines) is 1. The molecular weight excluding hydrogens is 446 g/mol. The zero-order valence-corrected chi connectivity index (χ0v) is 20.0. The highest BCUT2D eigenvalue weighted by Crippen LogP contribution is 2.35. The van der Waals surface area contributed by atoms with Gasteiger partial charge in [0.2, 0.25) is 5.91 Å². The molecule has 2 aliphatic heterocycles. The van der Waals surface area contributed by atoms with Crippen molar-refractivity contribution in [3.63, 3.8) is 0 Å². The van der Waals surface area contributed by atoms with Gasteiger partial charge in [-0.1, -0.05) is 23.7 Å². The molecule has 1 fully saturated rings. The van der Waals surface area contributed by atoms with E-state index in [4.69, 9.17) is 16.3 Å². The van der Waals surface area contributed by atoms with Crippen molar-refractivity contribution in [2.45, 2.75) is 37.1 Å². The zero-order chi connectivity index (χ0) is 22.5. The number of fused-ring (bicyclic) bond motifs is 1. The van der Waals surface area contributed by atoms with Gasteiger partial charge < -0.3 is 19.5 Å². The van der Waals surface area contributed by atoms with Gasteiger partial charge in [0, 0.05) is 67.2 Å². The Labute approximate surface area is 198 Å². The van der Waals surface area contributed by atoms with Gasteiger partial charge in [-0.05, 0) is 49.4 Å². The second kappa shape index (κ2) is 10.8. The average molecular weight is 476 g/mol. The summed E-state index contributed by atoms with van der Waals surface area (Å²) in [5.74, 6) is 1.19. The largest absolute Gasteiger partial charge is 0.385 e. The molecule has 0 spiro atoms. The molecule has 172 valence electrons. The van der Waals surface area contributed by atoms with Crippen LogP contribution in [0.15, 0.2) is 35.2 Å². The standard InChI is InChI=1S/C24H30ClN3O3S/c1-31-13-2-10-26-23(29)18-7-11-27(12-8-18)24(30)21-15-22-20(9-14-32-22)28(21)16-17-3-5-19(25)6-4-17/h3-6,15,18H,2,7-14,16H2,1H3,(H,26,29). The fraction of sp³-hybridized carbons (Fsp3) is 0.500. The molecule has 2 aliphatic rings. The lowest BCUT2D eigenvalue weighted by Crippen LogP contribution is -2.43. The summed E-state index contributed by atoms with van der Waals surface area (Å²) in [6, 6.07) is 9.87. The molecule has 2 aromatic rings. The number of piperidine rings is 1. The minimum atomic E-state index is -0.0250. The summed E-state index contributed by atoms with van der Waals surface area (Å²) in [5.41, 5.74) is 3.13. The molecule has 0 saturated carbocycles. The summed E-state index contributed by atoms with van der Waals surface area (Å²) < 4.78 is 7.20. The van der Waals surface area contributed by atoms with Gasteiger partial charge in [-0.2, -0.15) is 0 Å². The van der Waals surface area contributed by atoms with Gasteiger partial charge in [-0.25, -0.2) is 0 Å². The molecule has 6 nitrogen and oxygen atoms in total. The first-order valence-electron chi connectivity index (χ1n) is 11.2. The number of ether oxygens (including phenoxy) is 1. The molecule has 3 heterocycles. The summed E-state index contributed by atoms with van der Waals surface area (Å²) >= 11 is 7.86. The van der Waals surface area contributed by atoms with Crippen LogP contribution in [0, 0.1) is 5.92 Å². The third-order valence-electron chi connectivity index (χ3n) is 6.22. The Balaban J connectivity index is 1.41. The average Bonchev–Trinajstić information content (AvgIpc) is 3.40. The number of nitrogens with zero attached hydrogens (tertiary/aromatic N) is 2. The van der Waals surface area contributed by atoms with E-state index in [0.29, 0.717) is 50.7 Å². The summed E-state index contributed by atoms with van der Waals surface area (Å²) in [5, 5.41) is 3.70. The molecule has 8 heteroatoms. The van der Waals surface area contributed by atoms with Crippen LogP contribution in [-0.2, 0) is 22.5 Å². The van der Waals surface area contributed by atoms with Crippen LogP contribution < -0.4 is 5.32 Å². The molecular formula is C24H30ClN3O3S. The van der Waals surface area contributed by atoms with E-state index >= 15 is 0 Å². The maximum Gasteiger partial charge on any atom is 0.270 e. The number of halogens is 1. The van der Waals surface area contributed by atoms with Crippen LogP contribution in [0.25, 0.3) is 0 Å². The molecule has 0 radical (unpaired) electrons. The minimum absolute atomic E-state index is 0.0250. The SMILES string of the molecule is COCCCNC(=O)C1CCN(C(=O)c2cc3c(n2Cc2ccc(Cl)cc2)CCS3)CC1. The molecule has 0 aliphatic carbocycles. The quantitative estimate of drug-likeness (QED) is 0.589. The third-order valence-corrected chi connectivity index (χ3v) is 7.54. The van der Waals surface area contributed by atoms with E-state index in [1.54, 1.807) is 7.11 Å². The smallest absolute Gasteiger partial charge is 0.270 e. The van der Waals surface area contributed by atoms with Crippen LogP contribution in [0.5, 0.6) is 0 Å². The van der Waals surface area contributed by atoms with E-state index in [9.17, 15) is 9.59 Å². The Kier molecular flexibility index (Phi) is 7.81. The van der Waals surface area contributed by atoms with Crippen molar-refractivity contribution >= 4 is 35.2 Å². The molecule has 1 aromatic carbocycles. The van der Waals surface area contributed by atoms with Crippen LogP contribution in [0.1, 0.15) is 41.0 Å². The van der Waals surface area contributed by atoms with Crippen molar-refractivity contribution in [3.8, 4) is 0 Å². The number of aromatic nitrogens is 1. The van der Waals surface area contributed by atoms with E-state index in [-0.39, 0.29) is 17.7 Å². The molecule has 1 aromatic heterocycles. The van der Waals surface area contributed by atoms with E-state index in [0.717, 1.165) is 29.9 Å². The van der Waals surface area contributed by atoms with Gasteiger partial charge in [0.25, 0.3) is 5.91 Å². The highest BCUT2D eigenvalue weighted by atomic mass is 35.5. The molecule has 0 bridgehead atoms. The maximum absolute atomic E-state index is 13.5. The van der Waals surface area contributed by atoms with Gasteiger partial charge in [0.05, 0.1) is 0 Å². The van der Waals surface area contributed by atoms with Crippen LogP contribution in [0.3, 0.4) is 0 Å². The number of thioether (sulfide) groups is 1. The molecule has 1 N–H and O–H groups in total. The highest BCUT2D eigenvalue weighted by Gasteiger charge is 2.31. The summed E-state index contributed by atoms with van der Waals surface area (Å²) in [6.45, 7) is 3.16. The Morgan fingerprint density at radius 1 is 1.22 bits per heavy atom. The van der Waals surface area contributed by atoms with Gasteiger partial charge in [-0.15, -0.1) is 11.8 Å². The van der Waals surface area contributed by atoms with Crippen LogP contribution >= 0.6 is 23.4 Å². The normalized spacial score (nSPS) is 16.2. The maximum atomic E-state index is 13.5. The highest BCUT2D eigenvalue weighted by molar-refractivity contribution is 7.99. The Hall–Kier alpha value is -1.96. The Bertz CT molecular complexity index is 952. The number of hydrogen-bond acceptors (Lipinski definition) is 4. The van der Waals surface area contributed by atoms with Crippen molar-refractivity contribution in [2.75, 3.05) is 39.1 Å².